The summed E-state index contributed by atoms with van der Waals surface area (Å²) in [6, 6.07) is 0.705. The third-order valence-electron chi connectivity index (χ3n) is 3.67. The third kappa shape index (κ3) is 2.92. The minimum Gasteiger partial charge on any atom is -0.378 e. The average Bonchev–Trinajstić information content (AvgIpc) is 2.23. The molecule has 0 aromatic rings. The summed E-state index contributed by atoms with van der Waals surface area (Å²) in [5.74, 6) is 0. The van der Waals surface area contributed by atoms with Gasteiger partial charge in [0, 0.05) is 24.7 Å². The maximum absolute atomic E-state index is 5.54. The summed E-state index contributed by atoms with van der Waals surface area (Å²) in [6.45, 7) is 9.83. The summed E-state index contributed by atoms with van der Waals surface area (Å²) >= 11 is 0. The van der Waals surface area contributed by atoms with Gasteiger partial charge in [0.1, 0.15) is 0 Å². The summed E-state index contributed by atoms with van der Waals surface area (Å²) in [6.07, 6.45) is 4.08. The number of hydrogen-bond acceptors (Lipinski definition) is 3. The molecule has 0 amide bonds. The highest BCUT2D eigenvalue weighted by atomic mass is 16.5. The van der Waals surface area contributed by atoms with Crippen molar-refractivity contribution in [3.63, 3.8) is 0 Å². The molecule has 0 aliphatic carbocycles. The van der Waals surface area contributed by atoms with Gasteiger partial charge in [-0.05, 0) is 33.2 Å². The van der Waals surface area contributed by atoms with Crippen LogP contribution in [0.25, 0.3) is 0 Å². The van der Waals surface area contributed by atoms with E-state index in [1.165, 1.54) is 32.4 Å². The Morgan fingerprint density at radius 3 is 2.93 bits per heavy atom. The predicted octanol–water partition coefficient (Wildman–Crippen LogP) is 1.24. The van der Waals surface area contributed by atoms with Gasteiger partial charge in [0.05, 0.1) is 13.2 Å². The van der Waals surface area contributed by atoms with Crippen molar-refractivity contribution in [1.29, 1.82) is 0 Å². The fraction of sp³-hybridized carbons (Fsp3) is 1.00. The summed E-state index contributed by atoms with van der Waals surface area (Å²) in [4.78, 5) is 2.58. The number of hydrogen-bond donors (Lipinski definition) is 1. The molecule has 15 heavy (non-hydrogen) atoms. The van der Waals surface area contributed by atoms with Crippen LogP contribution in [0.2, 0.25) is 0 Å². The Morgan fingerprint density at radius 2 is 2.27 bits per heavy atom. The lowest BCUT2D eigenvalue weighted by Gasteiger charge is -2.44. The van der Waals surface area contributed by atoms with Gasteiger partial charge in [0.25, 0.3) is 0 Å². The number of rotatable bonds is 2. The van der Waals surface area contributed by atoms with E-state index in [0.717, 1.165) is 19.8 Å². The first-order valence-corrected chi connectivity index (χ1v) is 6.25. The van der Waals surface area contributed by atoms with Gasteiger partial charge in [0.15, 0.2) is 0 Å². The molecule has 2 heterocycles. The topological polar surface area (TPSA) is 24.5 Å². The predicted molar refractivity (Wildman–Crippen MR) is 62.1 cm³/mol. The van der Waals surface area contributed by atoms with Crippen LogP contribution < -0.4 is 5.32 Å². The van der Waals surface area contributed by atoms with Gasteiger partial charge < -0.3 is 10.1 Å². The molecule has 0 bridgehead atoms. The van der Waals surface area contributed by atoms with Crippen LogP contribution >= 0.6 is 0 Å². The van der Waals surface area contributed by atoms with E-state index in [9.17, 15) is 0 Å². The second kappa shape index (κ2) is 4.81. The molecule has 88 valence electrons. The third-order valence-corrected chi connectivity index (χ3v) is 3.67. The van der Waals surface area contributed by atoms with Gasteiger partial charge in [-0.25, -0.2) is 0 Å². The van der Waals surface area contributed by atoms with Crippen LogP contribution in [0.3, 0.4) is 0 Å². The van der Waals surface area contributed by atoms with E-state index in [1.807, 2.05) is 0 Å². The van der Waals surface area contributed by atoms with Gasteiger partial charge in [0.2, 0.25) is 0 Å². The minimum absolute atomic E-state index is 0.220. The van der Waals surface area contributed by atoms with Gasteiger partial charge in [-0.2, -0.15) is 0 Å². The van der Waals surface area contributed by atoms with Gasteiger partial charge >= 0.3 is 0 Å². The molecular weight excluding hydrogens is 188 g/mol. The molecule has 2 aliphatic heterocycles. The van der Waals surface area contributed by atoms with Gasteiger partial charge in [-0.3, -0.25) is 4.90 Å². The quantitative estimate of drug-likeness (QED) is 0.745. The maximum atomic E-state index is 5.54. The van der Waals surface area contributed by atoms with Crippen LogP contribution in [0.1, 0.15) is 33.1 Å². The Morgan fingerprint density at radius 1 is 1.40 bits per heavy atom. The maximum Gasteiger partial charge on any atom is 0.0645 e. The molecule has 0 saturated carbocycles. The number of ether oxygens (including phenoxy) is 1. The van der Waals surface area contributed by atoms with E-state index in [-0.39, 0.29) is 5.54 Å². The number of piperidine rings is 1. The highest BCUT2D eigenvalue weighted by molar-refractivity contribution is 4.88. The van der Waals surface area contributed by atoms with Crippen molar-refractivity contribution in [3.8, 4) is 0 Å². The van der Waals surface area contributed by atoms with Crippen LogP contribution in [-0.2, 0) is 4.74 Å². The van der Waals surface area contributed by atoms with Crippen molar-refractivity contribution in [2.24, 2.45) is 0 Å². The first kappa shape index (κ1) is 11.4. The van der Waals surface area contributed by atoms with Crippen LogP contribution in [0.15, 0.2) is 0 Å². The molecule has 2 aliphatic rings. The Labute approximate surface area is 93.2 Å². The van der Waals surface area contributed by atoms with Gasteiger partial charge in [-0.1, -0.05) is 6.42 Å². The molecule has 2 rings (SSSR count). The number of nitrogens with one attached hydrogen (secondary N) is 1. The van der Waals surface area contributed by atoms with Crippen LogP contribution in [0.4, 0.5) is 0 Å². The van der Waals surface area contributed by atoms with Gasteiger partial charge in [-0.15, -0.1) is 0 Å². The standard InChI is InChI=1S/C12H24N2O/c1-12(2)10-15-8-7-14(12)9-11-5-3-4-6-13-11/h11,13H,3-10H2,1-2H3. The summed E-state index contributed by atoms with van der Waals surface area (Å²) in [5, 5.41) is 3.62. The highest BCUT2D eigenvalue weighted by Gasteiger charge is 2.32. The minimum atomic E-state index is 0.220. The monoisotopic (exact) mass is 212 g/mol. The first-order chi connectivity index (χ1) is 7.18. The van der Waals surface area contributed by atoms with Crippen molar-refractivity contribution < 1.29 is 4.74 Å². The van der Waals surface area contributed by atoms with E-state index in [4.69, 9.17) is 4.74 Å². The normalized spacial score (nSPS) is 32.8. The molecule has 0 radical (unpaired) electrons. The highest BCUT2D eigenvalue weighted by Crippen LogP contribution is 2.20. The summed E-state index contributed by atoms with van der Waals surface area (Å²) in [7, 11) is 0. The van der Waals surface area contributed by atoms with E-state index >= 15 is 0 Å². The molecule has 2 fully saturated rings. The molecule has 2 saturated heterocycles. The van der Waals surface area contributed by atoms with Crippen LogP contribution in [-0.4, -0.2) is 49.3 Å². The van der Waals surface area contributed by atoms with Crippen molar-refractivity contribution in [2.75, 3.05) is 32.8 Å². The van der Waals surface area contributed by atoms with E-state index in [2.05, 4.69) is 24.1 Å². The van der Waals surface area contributed by atoms with Crippen LogP contribution in [0.5, 0.6) is 0 Å². The lowest BCUT2D eigenvalue weighted by molar-refractivity contribution is -0.0553. The number of morpholine rings is 1. The molecule has 0 spiro atoms. The number of nitrogens with zero attached hydrogens (tertiary/aromatic N) is 1. The lowest BCUT2D eigenvalue weighted by Crippen LogP contribution is -2.57. The largest absolute Gasteiger partial charge is 0.378 e. The average molecular weight is 212 g/mol. The van der Waals surface area contributed by atoms with Crippen molar-refractivity contribution in [1.82, 2.24) is 10.2 Å². The van der Waals surface area contributed by atoms with Crippen LogP contribution in [0, 0.1) is 0 Å². The summed E-state index contributed by atoms with van der Waals surface area (Å²) in [5.41, 5.74) is 0.220. The summed E-state index contributed by atoms with van der Waals surface area (Å²) < 4.78 is 5.54. The van der Waals surface area contributed by atoms with E-state index < -0.39 is 0 Å². The molecule has 0 aromatic carbocycles. The molecule has 1 atom stereocenters. The lowest BCUT2D eigenvalue weighted by atomic mass is 9.98. The zero-order chi connectivity index (χ0) is 10.7. The second-order valence-corrected chi connectivity index (χ2v) is 5.46. The zero-order valence-electron chi connectivity index (χ0n) is 10.1. The first-order valence-electron chi connectivity index (χ1n) is 6.25. The molecule has 3 heteroatoms. The molecular formula is C12H24N2O. The Bertz CT molecular complexity index is 200. The fourth-order valence-corrected chi connectivity index (χ4v) is 2.57. The van der Waals surface area contributed by atoms with E-state index in [0.29, 0.717) is 6.04 Å². The molecule has 0 aromatic heterocycles. The molecule has 1 unspecified atom stereocenters. The Kier molecular flexibility index (Phi) is 3.65. The van der Waals surface area contributed by atoms with Crippen molar-refractivity contribution in [2.45, 2.75) is 44.7 Å². The molecule has 3 nitrogen and oxygen atoms in total. The Balaban J connectivity index is 1.85. The Hall–Kier alpha value is -0.120. The zero-order valence-corrected chi connectivity index (χ0v) is 10.1. The SMILES string of the molecule is CC1(C)COCCN1CC1CCCCN1. The smallest absolute Gasteiger partial charge is 0.0645 e. The van der Waals surface area contributed by atoms with Crippen molar-refractivity contribution in [3.05, 3.63) is 0 Å². The fourth-order valence-electron chi connectivity index (χ4n) is 2.57. The van der Waals surface area contributed by atoms with Crippen molar-refractivity contribution >= 4 is 0 Å². The molecule has 1 N–H and O–H groups in total. The second-order valence-electron chi connectivity index (χ2n) is 5.46. The van der Waals surface area contributed by atoms with E-state index in [1.54, 1.807) is 0 Å².